The van der Waals surface area contributed by atoms with Crippen molar-refractivity contribution < 1.29 is 32.7 Å². The first-order valence-electron chi connectivity index (χ1n) is 18.7. The lowest BCUT2D eigenvalue weighted by Gasteiger charge is -2.60. The standard InChI is InChI=1S/C40H60N6O7S/c1-23-32-17-28(40(32,3)4)18-33(23)43-39(49)36-35(24(2)47)34(19-41)53-46(36)20-25-12-11-13-31(37(25)52-9)26-14-27(16-30(15-26)45(7)8)38(48)42-29(21-44(5)6)22-54(10,50)51/h11-16,24,28-29,32-36,47H,1,17-22,41H2,2-10H3,(H,42,48)(H,43,49)/t24-,28+,29+,32-,33-,34-,35+,36-/m0/s1. The van der Waals surface area contributed by atoms with Crippen LogP contribution in [-0.4, -0.2) is 126 Å². The number of sulfone groups is 1. The average Bonchev–Trinajstić information content (AvgIpc) is 3.46. The number of aliphatic hydroxyl groups excluding tert-OH is 1. The maximum Gasteiger partial charge on any atom is 0.251 e. The van der Waals surface area contributed by atoms with Crippen molar-refractivity contribution >= 4 is 27.3 Å². The van der Waals surface area contributed by atoms with Gasteiger partial charge >= 0.3 is 0 Å². The Kier molecular flexibility index (Phi) is 12.6. The van der Waals surface area contributed by atoms with Crippen LogP contribution in [0.1, 0.15) is 49.5 Å². The van der Waals surface area contributed by atoms with Crippen LogP contribution >= 0.6 is 0 Å². The van der Waals surface area contributed by atoms with Crippen LogP contribution < -0.4 is 26.0 Å². The number of methoxy groups -OCH3 is 1. The molecule has 6 rings (SSSR count). The van der Waals surface area contributed by atoms with E-state index < -0.39 is 46.0 Å². The molecule has 0 aromatic heterocycles. The molecule has 1 aliphatic heterocycles. The molecule has 0 spiro atoms. The van der Waals surface area contributed by atoms with Gasteiger partial charge in [0.1, 0.15) is 21.6 Å². The monoisotopic (exact) mass is 768 g/mol. The van der Waals surface area contributed by atoms with Crippen molar-refractivity contribution in [3.05, 3.63) is 59.7 Å². The molecule has 298 valence electrons. The molecule has 1 heterocycles. The van der Waals surface area contributed by atoms with E-state index in [2.05, 4.69) is 31.1 Å². The van der Waals surface area contributed by atoms with Gasteiger partial charge in [0.25, 0.3) is 5.91 Å². The molecule has 2 aromatic carbocycles. The molecule has 3 saturated carbocycles. The van der Waals surface area contributed by atoms with E-state index in [-0.39, 0.29) is 36.2 Å². The summed E-state index contributed by atoms with van der Waals surface area (Å²) in [6, 6.07) is 9.55. The van der Waals surface area contributed by atoms with Gasteiger partial charge in [-0.3, -0.25) is 14.4 Å². The molecule has 5 N–H and O–H groups in total. The zero-order chi connectivity index (χ0) is 39.9. The number of aliphatic hydroxyl groups is 1. The smallest absolute Gasteiger partial charge is 0.251 e. The Morgan fingerprint density at radius 1 is 1.17 bits per heavy atom. The van der Waals surface area contributed by atoms with Crippen molar-refractivity contribution in [1.29, 1.82) is 0 Å². The highest BCUT2D eigenvalue weighted by Gasteiger charge is 2.56. The topological polar surface area (TPSA) is 167 Å². The molecule has 13 nitrogen and oxygen atoms in total. The predicted molar refractivity (Wildman–Crippen MR) is 212 cm³/mol. The summed E-state index contributed by atoms with van der Waals surface area (Å²) in [5, 5.41) is 18.8. The van der Waals surface area contributed by atoms with Crippen LogP contribution in [0.5, 0.6) is 5.75 Å². The number of carbonyl (C=O) groups excluding carboxylic acids is 2. The third-order valence-electron chi connectivity index (χ3n) is 11.7. The van der Waals surface area contributed by atoms with Crippen LogP contribution in [0, 0.1) is 23.2 Å². The summed E-state index contributed by atoms with van der Waals surface area (Å²) < 4.78 is 30.4. The van der Waals surface area contributed by atoms with E-state index in [1.54, 1.807) is 31.2 Å². The van der Waals surface area contributed by atoms with Crippen LogP contribution in [0.4, 0.5) is 5.69 Å². The number of likely N-dealkylation sites (N-methyl/N-ethyl adjacent to an activating group) is 1. The normalized spacial score (nSPS) is 26.2. The van der Waals surface area contributed by atoms with E-state index in [1.807, 2.05) is 62.3 Å². The number of rotatable bonds is 15. The first-order chi connectivity index (χ1) is 25.2. The third kappa shape index (κ3) is 8.79. The number of fused-ring (bicyclic) bond motifs is 2. The number of hydrogen-bond acceptors (Lipinski definition) is 11. The molecule has 14 heteroatoms. The van der Waals surface area contributed by atoms with Crippen LogP contribution in [0.3, 0.4) is 0 Å². The number of anilines is 1. The van der Waals surface area contributed by atoms with E-state index in [4.69, 9.17) is 15.3 Å². The van der Waals surface area contributed by atoms with Gasteiger partial charge < -0.3 is 36.0 Å². The van der Waals surface area contributed by atoms with Crippen LogP contribution in [-0.2, 0) is 26.0 Å². The molecular formula is C40H60N6O7S. The Labute approximate surface area is 321 Å². The number of ether oxygens (including phenoxy) is 1. The number of benzene rings is 2. The zero-order valence-electron chi connectivity index (χ0n) is 33.3. The summed E-state index contributed by atoms with van der Waals surface area (Å²) in [4.78, 5) is 38.0. The quantitative estimate of drug-likeness (QED) is 0.197. The first kappa shape index (κ1) is 41.6. The Balaban J connectivity index is 1.46. The number of nitrogens with zero attached hydrogens (tertiary/aromatic N) is 3. The Hall–Kier alpha value is -3.53. The second-order valence-corrected chi connectivity index (χ2v) is 18.8. The molecule has 8 atom stereocenters. The maximum absolute atomic E-state index is 14.2. The molecule has 3 aliphatic carbocycles. The predicted octanol–water partition coefficient (Wildman–Crippen LogP) is 2.68. The van der Waals surface area contributed by atoms with Crippen molar-refractivity contribution in [3.63, 3.8) is 0 Å². The number of hydrogen-bond donors (Lipinski definition) is 4. The number of carbonyl (C=O) groups is 2. The van der Waals surface area contributed by atoms with Gasteiger partial charge in [0.05, 0.1) is 43.7 Å². The third-order valence-corrected chi connectivity index (χ3v) is 12.7. The van der Waals surface area contributed by atoms with Crippen LogP contribution in [0.15, 0.2) is 48.6 Å². The lowest BCUT2D eigenvalue weighted by Crippen LogP contribution is -2.59. The molecule has 2 aromatic rings. The number of nitrogens with one attached hydrogen (secondary N) is 2. The molecule has 0 unspecified atom stereocenters. The zero-order valence-corrected chi connectivity index (χ0v) is 34.1. The SMILES string of the molecule is C=C1[C@@H](NC(=O)[C@@H]2[C@H]([C@H](C)O)[C@H](CN)ON2Cc2cccc(-c3cc(C(=O)N[C@H](CN(C)C)CS(C)(=O)=O)cc(N(C)C)c3)c2OC)C[C@H]2C[C@@H]1C2(C)C. The number of hydroxylamine groups is 2. The Morgan fingerprint density at radius 2 is 1.87 bits per heavy atom. The fraction of sp³-hybridized carbons (Fsp3) is 0.600. The van der Waals surface area contributed by atoms with Gasteiger partial charge in [-0.15, -0.1) is 0 Å². The van der Waals surface area contributed by atoms with Gasteiger partial charge in [-0.2, -0.15) is 5.06 Å². The fourth-order valence-electron chi connectivity index (χ4n) is 8.77. The van der Waals surface area contributed by atoms with Gasteiger partial charge in [-0.25, -0.2) is 8.42 Å². The minimum Gasteiger partial charge on any atom is -0.496 e. The molecule has 2 bridgehead atoms. The van der Waals surface area contributed by atoms with E-state index >= 15 is 0 Å². The highest BCUT2D eigenvalue weighted by atomic mass is 32.2. The van der Waals surface area contributed by atoms with E-state index in [1.165, 1.54) is 0 Å². The van der Waals surface area contributed by atoms with Crippen molar-refractivity contribution in [1.82, 2.24) is 20.6 Å². The van der Waals surface area contributed by atoms with E-state index in [0.29, 0.717) is 40.8 Å². The van der Waals surface area contributed by atoms with Crippen molar-refractivity contribution in [3.8, 4) is 16.9 Å². The number of nitrogens with two attached hydrogens (primary N) is 1. The lowest BCUT2D eigenvalue weighted by atomic mass is 9.46. The second-order valence-electron chi connectivity index (χ2n) is 16.6. The lowest BCUT2D eigenvalue weighted by molar-refractivity contribution is -0.174. The van der Waals surface area contributed by atoms with Crippen LogP contribution in [0.2, 0.25) is 0 Å². The van der Waals surface area contributed by atoms with Crippen molar-refractivity contribution in [2.24, 2.45) is 28.9 Å². The summed E-state index contributed by atoms with van der Waals surface area (Å²) in [6.45, 7) is 11.2. The van der Waals surface area contributed by atoms with Crippen molar-refractivity contribution in [2.45, 2.75) is 70.5 Å². The molecule has 4 aliphatic rings. The Morgan fingerprint density at radius 3 is 2.43 bits per heavy atom. The fourth-order valence-corrected chi connectivity index (χ4v) is 9.69. The summed E-state index contributed by atoms with van der Waals surface area (Å²) in [6.07, 6.45) is 1.63. The Bertz CT molecular complexity index is 1830. The molecule has 2 amide bonds. The van der Waals surface area contributed by atoms with Gasteiger partial charge in [-0.1, -0.05) is 44.2 Å². The molecule has 1 saturated heterocycles. The highest BCUT2D eigenvalue weighted by Crippen LogP contribution is 2.60. The van der Waals surface area contributed by atoms with Crippen molar-refractivity contribution in [2.75, 3.05) is 65.3 Å². The summed E-state index contributed by atoms with van der Waals surface area (Å²) in [7, 11) is 5.61. The minimum absolute atomic E-state index is 0.114. The minimum atomic E-state index is -3.36. The second kappa shape index (κ2) is 16.3. The molecule has 54 heavy (non-hydrogen) atoms. The average molecular weight is 769 g/mol. The molecule has 0 radical (unpaired) electrons. The van der Waals surface area contributed by atoms with E-state index in [9.17, 15) is 23.1 Å². The highest BCUT2D eigenvalue weighted by molar-refractivity contribution is 7.90. The van der Waals surface area contributed by atoms with Gasteiger partial charge in [0, 0.05) is 61.7 Å². The van der Waals surface area contributed by atoms with Crippen LogP contribution in [0.25, 0.3) is 11.1 Å². The summed E-state index contributed by atoms with van der Waals surface area (Å²) >= 11 is 0. The maximum atomic E-state index is 14.2. The number of amides is 2. The summed E-state index contributed by atoms with van der Waals surface area (Å²) in [5.41, 5.74) is 10.6. The van der Waals surface area contributed by atoms with Gasteiger partial charge in [0.15, 0.2) is 0 Å². The molecular weight excluding hydrogens is 709 g/mol. The van der Waals surface area contributed by atoms with Gasteiger partial charge in [-0.05, 0) is 74.9 Å². The largest absolute Gasteiger partial charge is 0.496 e. The first-order valence-corrected chi connectivity index (χ1v) is 20.7. The van der Waals surface area contributed by atoms with Gasteiger partial charge in [0.2, 0.25) is 5.91 Å². The molecule has 4 fully saturated rings. The number of para-hydroxylation sites is 1. The van der Waals surface area contributed by atoms with E-state index in [0.717, 1.165) is 35.9 Å². The summed E-state index contributed by atoms with van der Waals surface area (Å²) in [5.74, 6) is -0.0196.